The second-order valence-corrected chi connectivity index (χ2v) is 11.4. The number of hydrogen-bond acceptors (Lipinski definition) is 3. The molecule has 46 heavy (non-hydrogen) atoms. The lowest BCUT2D eigenvalue weighted by Gasteiger charge is -2.14. The zero-order valence-corrected chi connectivity index (χ0v) is 24.7. The van der Waals surface area contributed by atoms with Crippen molar-refractivity contribution in [2.24, 2.45) is 0 Å². The standard InChI is InChI=1S/C41H25N5/c42-26-34-39(27-14-4-1-5-15-27)43-40(28-16-6-2-7-17-28)44-41(34)46-36-23-13-11-21-31(36)33-24-37-32(25-38(33)46)30-20-10-12-22-35(30)45(37)29-18-8-3-9-19-29/h1-25H. The molecule has 5 heteroatoms. The van der Waals surface area contributed by atoms with Crippen molar-refractivity contribution in [3.05, 3.63) is 157 Å². The fraction of sp³-hybridized carbons (Fsp3) is 0. The molecule has 0 radical (unpaired) electrons. The number of hydrogen-bond donors (Lipinski definition) is 0. The first-order chi connectivity index (χ1) is 22.8. The van der Waals surface area contributed by atoms with Gasteiger partial charge < -0.3 is 4.57 Å². The molecule has 3 aromatic heterocycles. The Labute approximate surface area is 264 Å². The molecule has 6 aromatic carbocycles. The third kappa shape index (κ3) is 3.88. The van der Waals surface area contributed by atoms with E-state index in [0.717, 1.165) is 55.0 Å². The first-order valence-corrected chi connectivity index (χ1v) is 15.3. The number of para-hydroxylation sites is 3. The Kier molecular flexibility index (Phi) is 5.81. The van der Waals surface area contributed by atoms with Gasteiger partial charge in [-0.2, -0.15) is 5.26 Å². The summed E-state index contributed by atoms with van der Waals surface area (Å²) in [6.45, 7) is 0. The molecule has 0 aliphatic rings. The monoisotopic (exact) mass is 587 g/mol. The van der Waals surface area contributed by atoms with Crippen LogP contribution in [0.15, 0.2) is 152 Å². The van der Waals surface area contributed by atoms with Crippen LogP contribution in [-0.2, 0) is 0 Å². The van der Waals surface area contributed by atoms with Gasteiger partial charge >= 0.3 is 0 Å². The van der Waals surface area contributed by atoms with Crippen molar-refractivity contribution < 1.29 is 0 Å². The SMILES string of the molecule is N#Cc1c(-c2ccccc2)nc(-c2ccccc2)nc1-n1c2ccccc2c2cc3c(cc21)c1ccccc1n3-c1ccccc1. The predicted octanol–water partition coefficient (Wildman–Crippen LogP) is 9.88. The summed E-state index contributed by atoms with van der Waals surface area (Å²) < 4.78 is 4.49. The van der Waals surface area contributed by atoms with Gasteiger partial charge in [-0.3, -0.25) is 4.57 Å². The molecule has 0 atom stereocenters. The van der Waals surface area contributed by atoms with Gasteiger partial charge in [0.1, 0.15) is 11.6 Å². The Morgan fingerprint density at radius 2 is 0.957 bits per heavy atom. The van der Waals surface area contributed by atoms with Crippen LogP contribution in [0.3, 0.4) is 0 Å². The van der Waals surface area contributed by atoms with E-state index in [9.17, 15) is 5.26 Å². The van der Waals surface area contributed by atoms with Crippen molar-refractivity contribution in [3.8, 4) is 40.2 Å². The number of benzene rings is 6. The van der Waals surface area contributed by atoms with E-state index in [2.05, 4.69) is 94.1 Å². The van der Waals surface area contributed by atoms with Gasteiger partial charge in [0.15, 0.2) is 11.6 Å². The number of nitrogens with zero attached hydrogens (tertiary/aromatic N) is 5. The van der Waals surface area contributed by atoms with Crippen LogP contribution in [0.25, 0.3) is 77.8 Å². The predicted molar refractivity (Wildman–Crippen MR) is 186 cm³/mol. The van der Waals surface area contributed by atoms with Crippen LogP contribution >= 0.6 is 0 Å². The van der Waals surface area contributed by atoms with Gasteiger partial charge in [0, 0.05) is 38.4 Å². The largest absolute Gasteiger partial charge is 0.309 e. The van der Waals surface area contributed by atoms with Gasteiger partial charge in [0.2, 0.25) is 0 Å². The molecule has 0 fully saturated rings. The summed E-state index contributed by atoms with van der Waals surface area (Å²) in [4.78, 5) is 10.2. The summed E-state index contributed by atoms with van der Waals surface area (Å²) in [6.07, 6.45) is 0. The number of nitriles is 1. The Hall–Kier alpha value is -6.51. The van der Waals surface area contributed by atoms with Gasteiger partial charge in [-0.25, -0.2) is 9.97 Å². The lowest BCUT2D eigenvalue weighted by molar-refractivity contribution is 1.04. The van der Waals surface area contributed by atoms with Gasteiger partial charge in [-0.1, -0.05) is 115 Å². The third-order valence-corrected chi connectivity index (χ3v) is 8.77. The Balaban J connectivity index is 1.44. The maximum absolute atomic E-state index is 10.8. The van der Waals surface area contributed by atoms with Crippen LogP contribution in [-0.4, -0.2) is 19.1 Å². The van der Waals surface area contributed by atoms with Gasteiger partial charge in [-0.15, -0.1) is 0 Å². The highest BCUT2D eigenvalue weighted by atomic mass is 15.1. The molecule has 0 unspecified atom stereocenters. The van der Waals surface area contributed by atoms with E-state index >= 15 is 0 Å². The topological polar surface area (TPSA) is 59.4 Å². The normalized spacial score (nSPS) is 11.5. The lowest BCUT2D eigenvalue weighted by atomic mass is 10.1. The van der Waals surface area contributed by atoms with Crippen LogP contribution in [0.1, 0.15) is 5.56 Å². The Morgan fingerprint density at radius 1 is 0.457 bits per heavy atom. The highest BCUT2D eigenvalue weighted by Crippen LogP contribution is 2.40. The zero-order valence-electron chi connectivity index (χ0n) is 24.7. The van der Waals surface area contributed by atoms with Crippen molar-refractivity contribution in [1.82, 2.24) is 19.1 Å². The molecular formula is C41H25N5. The molecule has 0 aliphatic heterocycles. The third-order valence-electron chi connectivity index (χ3n) is 8.77. The quantitative estimate of drug-likeness (QED) is 0.206. The van der Waals surface area contributed by atoms with E-state index in [-0.39, 0.29) is 0 Å². The molecule has 0 spiro atoms. The highest BCUT2D eigenvalue weighted by molar-refractivity contribution is 6.19. The minimum atomic E-state index is 0.431. The van der Waals surface area contributed by atoms with Crippen LogP contribution in [0.2, 0.25) is 0 Å². The van der Waals surface area contributed by atoms with Crippen molar-refractivity contribution in [2.45, 2.75) is 0 Å². The minimum absolute atomic E-state index is 0.431. The van der Waals surface area contributed by atoms with Crippen molar-refractivity contribution in [2.75, 3.05) is 0 Å². The highest BCUT2D eigenvalue weighted by Gasteiger charge is 2.23. The fourth-order valence-electron chi connectivity index (χ4n) is 6.75. The summed E-state index contributed by atoms with van der Waals surface area (Å²) in [7, 11) is 0. The molecule has 0 aliphatic carbocycles. The molecule has 9 rings (SSSR count). The van der Waals surface area contributed by atoms with Crippen LogP contribution in [0.5, 0.6) is 0 Å². The molecule has 0 bridgehead atoms. The summed E-state index contributed by atoms with van der Waals surface area (Å²) in [5.41, 5.74) is 8.14. The summed E-state index contributed by atoms with van der Waals surface area (Å²) in [5.74, 6) is 1.13. The zero-order chi connectivity index (χ0) is 30.6. The van der Waals surface area contributed by atoms with Gasteiger partial charge in [0.25, 0.3) is 0 Å². The molecule has 0 N–H and O–H groups in total. The molecule has 9 aromatic rings. The van der Waals surface area contributed by atoms with Crippen LogP contribution < -0.4 is 0 Å². The molecule has 0 saturated heterocycles. The molecule has 3 heterocycles. The van der Waals surface area contributed by atoms with E-state index in [1.807, 2.05) is 72.8 Å². The number of rotatable bonds is 4. The number of fused-ring (bicyclic) bond motifs is 6. The van der Waals surface area contributed by atoms with Crippen LogP contribution in [0.4, 0.5) is 0 Å². The van der Waals surface area contributed by atoms with Crippen molar-refractivity contribution in [1.29, 1.82) is 5.26 Å². The van der Waals surface area contributed by atoms with E-state index in [0.29, 0.717) is 22.9 Å². The smallest absolute Gasteiger partial charge is 0.162 e. The Morgan fingerprint density at radius 3 is 1.57 bits per heavy atom. The molecule has 0 amide bonds. The van der Waals surface area contributed by atoms with E-state index < -0.39 is 0 Å². The summed E-state index contributed by atoms with van der Waals surface area (Å²) in [5, 5.41) is 15.2. The van der Waals surface area contributed by atoms with Gasteiger partial charge in [0.05, 0.1) is 27.8 Å². The summed E-state index contributed by atoms with van der Waals surface area (Å²) in [6, 6.07) is 54.3. The molecule has 214 valence electrons. The average Bonchev–Trinajstić information content (AvgIpc) is 3.63. The lowest BCUT2D eigenvalue weighted by Crippen LogP contribution is -2.07. The molecule has 0 saturated carbocycles. The second kappa shape index (κ2) is 10.3. The Bertz CT molecular complexity index is 2630. The molecular weight excluding hydrogens is 562 g/mol. The first-order valence-electron chi connectivity index (χ1n) is 15.3. The van der Waals surface area contributed by atoms with E-state index in [1.54, 1.807) is 0 Å². The minimum Gasteiger partial charge on any atom is -0.309 e. The van der Waals surface area contributed by atoms with Crippen LogP contribution in [0, 0.1) is 11.3 Å². The van der Waals surface area contributed by atoms with Gasteiger partial charge in [-0.05, 0) is 36.4 Å². The fourth-order valence-corrected chi connectivity index (χ4v) is 6.75. The summed E-state index contributed by atoms with van der Waals surface area (Å²) >= 11 is 0. The van der Waals surface area contributed by atoms with E-state index in [1.165, 1.54) is 5.39 Å². The average molecular weight is 588 g/mol. The molecule has 5 nitrogen and oxygen atoms in total. The van der Waals surface area contributed by atoms with Crippen molar-refractivity contribution in [3.63, 3.8) is 0 Å². The maximum atomic E-state index is 10.8. The maximum Gasteiger partial charge on any atom is 0.162 e. The van der Waals surface area contributed by atoms with E-state index in [4.69, 9.17) is 9.97 Å². The van der Waals surface area contributed by atoms with Crippen molar-refractivity contribution >= 4 is 43.6 Å². The second-order valence-electron chi connectivity index (χ2n) is 11.4. The number of aromatic nitrogens is 4. The first kappa shape index (κ1) is 25.9.